The molecule has 0 aliphatic carbocycles. The Bertz CT molecular complexity index is 2380. The number of benzene rings is 8. The normalized spacial score (nSPS) is 11.3. The van der Waals surface area contributed by atoms with Crippen molar-refractivity contribution in [2.45, 2.75) is 0 Å². The SMILES string of the molecule is O=C(O)c1cc(Oc2cc(C(=O)O)c3ccccc3c2-c2cccc3ccccc23)c(-c2cccc3ccccc23)c2ccccc12. The van der Waals surface area contributed by atoms with E-state index in [1.807, 2.05) is 121 Å². The van der Waals surface area contributed by atoms with Crippen molar-refractivity contribution in [1.82, 2.24) is 0 Å². The second-order valence-corrected chi connectivity index (χ2v) is 11.5. The third-order valence-corrected chi connectivity index (χ3v) is 8.82. The molecular formula is C42H26O5. The van der Waals surface area contributed by atoms with E-state index in [2.05, 4.69) is 0 Å². The first-order valence-corrected chi connectivity index (χ1v) is 15.2. The number of rotatable bonds is 6. The highest BCUT2D eigenvalue weighted by atomic mass is 16.5. The summed E-state index contributed by atoms with van der Waals surface area (Å²) in [7, 11) is 0. The average Bonchev–Trinajstić information content (AvgIpc) is 3.10. The van der Waals surface area contributed by atoms with Crippen molar-refractivity contribution in [3.63, 3.8) is 0 Å². The van der Waals surface area contributed by atoms with Crippen molar-refractivity contribution in [3.8, 4) is 33.8 Å². The maximum absolute atomic E-state index is 12.7. The van der Waals surface area contributed by atoms with Crippen molar-refractivity contribution in [2.24, 2.45) is 0 Å². The number of ether oxygens (including phenoxy) is 1. The molecule has 224 valence electrons. The lowest BCUT2D eigenvalue weighted by Gasteiger charge is -2.21. The van der Waals surface area contributed by atoms with Gasteiger partial charge in [-0.1, -0.05) is 133 Å². The topological polar surface area (TPSA) is 83.8 Å². The van der Waals surface area contributed by atoms with Gasteiger partial charge in [-0.05, 0) is 66.3 Å². The van der Waals surface area contributed by atoms with Crippen LogP contribution in [0.2, 0.25) is 0 Å². The fraction of sp³-hybridized carbons (Fsp3) is 0. The fourth-order valence-electron chi connectivity index (χ4n) is 6.78. The molecule has 0 saturated heterocycles. The van der Waals surface area contributed by atoms with E-state index in [0.717, 1.165) is 43.8 Å². The molecule has 0 saturated carbocycles. The minimum absolute atomic E-state index is 0.0885. The summed E-state index contributed by atoms with van der Waals surface area (Å²) in [5, 5.41) is 27.4. The van der Waals surface area contributed by atoms with E-state index in [1.165, 1.54) is 0 Å². The van der Waals surface area contributed by atoms with Crippen LogP contribution in [0.25, 0.3) is 65.3 Å². The monoisotopic (exact) mass is 610 g/mol. The van der Waals surface area contributed by atoms with Crippen LogP contribution >= 0.6 is 0 Å². The van der Waals surface area contributed by atoms with Crippen molar-refractivity contribution in [1.29, 1.82) is 0 Å². The number of carboxylic acids is 2. The molecule has 0 amide bonds. The lowest BCUT2D eigenvalue weighted by Crippen LogP contribution is -2.03. The summed E-state index contributed by atoms with van der Waals surface area (Å²) in [6.45, 7) is 0. The first-order valence-electron chi connectivity index (χ1n) is 15.2. The molecule has 2 N–H and O–H groups in total. The second-order valence-electron chi connectivity index (χ2n) is 11.5. The van der Waals surface area contributed by atoms with Gasteiger partial charge in [0.25, 0.3) is 0 Å². The van der Waals surface area contributed by atoms with Gasteiger partial charge in [-0.25, -0.2) is 9.59 Å². The molecule has 5 heteroatoms. The van der Waals surface area contributed by atoms with Crippen molar-refractivity contribution >= 4 is 55.0 Å². The van der Waals surface area contributed by atoms with Crippen LogP contribution in [-0.2, 0) is 0 Å². The summed E-state index contributed by atoms with van der Waals surface area (Å²) in [6.07, 6.45) is 0. The van der Waals surface area contributed by atoms with Gasteiger partial charge in [-0.3, -0.25) is 0 Å². The first kappa shape index (κ1) is 28.0. The minimum atomic E-state index is -1.09. The third kappa shape index (κ3) is 4.64. The molecule has 0 aliphatic heterocycles. The van der Waals surface area contributed by atoms with Crippen LogP contribution < -0.4 is 4.74 Å². The number of hydrogen-bond acceptors (Lipinski definition) is 3. The molecule has 0 aliphatic rings. The van der Waals surface area contributed by atoms with Gasteiger partial charge >= 0.3 is 11.9 Å². The lowest BCUT2D eigenvalue weighted by atomic mass is 9.90. The zero-order chi connectivity index (χ0) is 32.1. The number of carboxylic acid groups (broad SMARTS) is 2. The van der Waals surface area contributed by atoms with Gasteiger partial charge in [0.2, 0.25) is 0 Å². The highest BCUT2D eigenvalue weighted by molar-refractivity contribution is 6.16. The van der Waals surface area contributed by atoms with Gasteiger partial charge < -0.3 is 14.9 Å². The molecule has 8 aromatic carbocycles. The van der Waals surface area contributed by atoms with E-state index in [0.29, 0.717) is 33.0 Å². The number of aromatic carboxylic acids is 2. The van der Waals surface area contributed by atoms with Gasteiger partial charge in [0, 0.05) is 11.1 Å². The van der Waals surface area contributed by atoms with Crippen molar-refractivity contribution in [3.05, 3.63) is 157 Å². The maximum Gasteiger partial charge on any atom is 0.336 e. The molecule has 8 aromatic rings. The molecule has 0 bridgehead atoms. The molecule has 0 aromatic heterocycles. The molecule has 0 spiro atoms. The molecular weight excluding hydrogens is 584 g/mol. The highest BCUT2D eigenvalue weighted by Crippen LogP contribution is 2.48. The average molecular weight is 611 g/mol. The van der Waals surface area contributed by atoms with Crippen LogP contribution in [0.15, 0.2) is 146 Å². The second kappa shape index (κ2) is 11.2. The fourth-order valence-corrected chi connectivity index (χ4v) is 6.78. The molecule has 47 heavy (non-hydrogen) atoms. The van der Waals surface area contributed by atoms with Gasteiger partial charge in [0.05, 0.1) is 11.1 Å². The van der Waals surface area contributed by atoms with Gasteiger partial charge in [0.15, 0.2) is 0 Å². The van der Waals surface area contributed by atoms with E-state index in [1.54, 1.807) is 24.3 Å². The van der Waals surface area contributed by atoms with Crippen LogP contribution in [-0.4, -0.2) is 22.2 Å². The molecule has 5 nitrogen and oxygen atoms in total. The van der Waals surface area contributed by atoms with Crippen molar-refractivity contribution in [2.75, 3.05) is 0 Å². The molecule has 8 rings (SSSR count). The minimum Gasteiger partial charge on any atom is -0.478 e. The van der Waals surface area contributed by atoms with E-state index in [-0.39, 0.29) is 11.1 Å². The molecule has 0 atom stereocenters. The largest absolute Gasteiger partial charge is 0.478 e. The zero-order valence-electron chi connectivity index (χ0n) is 25.0. The maximum atomic E-state index is 12.7. The predicted octanol–water partition coefficient (Wildman–Crippen LogP) is 10.8. The first-order chi connectivity index (χ1) is 23.0. The lowest BCUT2D eigenvalue weighted by molar-refractivity contribution is 0.0688. The third-order valence-electron chi connectivity index (χ3n) is 8.82. The smallest absolute Gasteiger partial charge is 0.336 e. The van der Waals surface area contributed by atoms with Crippen LogP contribution in [0.1, 0.15) is 20.7 Å². The van der Waals surface area contributed by atoms with Crippen LogP contribution in [0.4, 0.5) is 0 Å². The van der Waals surface area contributed by atoms with Gasteiger partial charge in [0.1, 0.15) is 11.5 Å². The van der Waals surface area contributed by atoms with E-state index >= 15 is 0 Å². The molecule has 0 unspecified atom stereocenters. The van der Waals surface area contributed by atoms with Crippen molar-refractivity contribution < 1.29 is 24.5 Å². The van der Waals surface area contributed by atoms with E-state index < -0.39 is 11.9 Å². The Kier molecular flexibility index (Phi) is 6.66. The van der Waals surface area contributed by atoms with Crippen LogP contribution in [0, 0.1) is 0 Å². The molecule has 0 radical (unpaired) electrons. The quantitative estimate of drug-likeness (QED) is 0.196. The summed E-state index contributed by atoms with van der Waals surface area (Å²) in [6, 6.07) is 46.0. The Morgan fingerprint density at radius 1 is 0.404 bits per heavy atom. The molecule has 0 fully saturated rings. The number of carbonyl (C=O) groups is 2. The van der Waals surface area contributed by atoms with Gasteiger partial charge in [-0.15, -0.1) is 0 Å². The van der Waals surface area contributed by atoms with Crippen LogP contribution in [0.3, 0.4) is 0 Å². The Morgan fingerprint density at radius 3 is 1.15 bits per heavy atom. The summed E-state index contributed by atoms with van der Waals surface area (Å²) in [5.74, 6) is -1.56. The predicted molar refractivity (Wildman–Crippen MR) is 188 cm³/mol. The Morgan fingerprint density at radius 2 is 0.745 bits per heavy atom. The van der Waals surface area contributed by atoms with E-state index in [4.69, 9.17) is 4.74 Å². The Labute approximate surface area is 269 Å². The summed E-state index contributed by atoms with van der Waals surface area (Å²) in [5.41, 5.74) is 3.36. The summed E-state index contributed by atoms with van der Waals surface area (Å²) in [4.78, 5) is 25.4. The number of hydrogen-bond donors (Lipinski definition) is 2. The zero-order valence-corrected chi connectivity index (χ0v) is 25.0. The van der Waals surface area contributed by atoms with Gasteiger partial charge in [-0.2, -0.15) is 0 Å². The molecule has 0 heterocycles. The Hall–Kier alpha value is -6.46. The standard InChI is InChI=1S/C42H26O5/c43-41(44)35-23-37(39(33-19-7-5-17-29(33)35)31-21-9-13-25-11-1-3-15-27(25)31)47-38-24-36(42(45)46)30-18-6-8-20-34(30)40(38)32-22-10-14-26-12-2-4-16-28(26)32/h1-24H,(H,43,44)(H,45,46). The van der Waals surface area contributed by atoms with Crippen LogP contribution in [0.5, 0.6) is 11.5 Å². The Balaban J connectivity index is 1.50. The number of fused-ring (bicyclic) bond motifs is 4. The summed E-state index contributed by atoms with van der Waals surface area (Å²) >= 11 is 0. The van der Waals surface area contributed by atoms with E-state index in [9.17, 15) is 19.8 Å². The summed E-state index contributed by atoms with van der Waals surface area (Å²) < 4.78 is 6.92. The highest BCUT2D eigenvalue weighted by Gasteiger charge is 2.24.